The Balaban J connectivity index is 1.36. The van der Waals surface area contributed by atoms with Crippen LogP contribution < -0.4 is 0 Å². The van der Waals surface area contributed by atoms with Crippen LogP contribution in [0.15, 0.2) is 0 Å². The number of carbonyl (C=O) groups is 4. The second kappa shape index (κ2) is 15.9. The van der Waals surface area contributed by atoms with Crippen molar-refractivity contribution in [2.45, 2.75) is 115 Å². The Labute approximate surface area is 285 Å². The molecule has 0 aliphatic heterocycles. The summed E-state index contributed by atoms with van der Waals surface area (Å²) in [5, 5.41) is 5.39. The molecule has 4 unspecified atom stereocenters. The molecule has 4 aliphatic carbocycles. The second-order valence-corrected chi connectivity index (χ2v) is 16.4. The van der Waals surface area contributed by atoms with E-state index in [2.05, 4.69) is 25.5 Å². The quantitative estimate of drug-likeness (QED) is 0.0547. The minimum atomic E-state index is -5.72. The molecule has 4 saturated carbocycles. The molecule has 13 nitrogen and oxygen atoms in total. The van der Waals surface area contributed by atoms with Crippen LogP contribution in [0.2, 0.25) is 0 Å². The number of alkyl halides is 2. The maximum Gasteiger partial charge on any atom is 0.402 e. The topological polar surface area (TPSA) is 189 Å². The van der Waals surface area contributed by atoms with Gasteiger partial charge >= 0.3 is 27.3 Å². The number of aliphatic hydroxyl groups is 1. The predicted molar refractivity (Wildman–Crippen MR) is 166 cm³/mol. The highest BCUT2D eigenvalue weighted by molar-refractivity contribution is 7.86. The fourth-order valence-corrected chi connectivity index (χ4v) is 10.4. The fourth-order valence-electron chi connectivity index (χ4n) is 10.1. The van der Waals surface area contributed by atoms with Crippen LogP contribution >= 0.6 is 0 Å². The van der Waals surface area contributed by atoms with Crippen LogP contribution in [-0.4, -0.2) is 86.5 Å². The van der Waals surface area contributed by atoms with Gasteiger partial charge in [0.15, 0.2) is 6.61 Å². The Hall–Kier alpha value is -2.43. The molecule has 2 N–H and O–H groups in total. The van der Waals surface area contributed by atoms with Crippen LogP contribution in [0.5, 0.6) is 0 Å². The highest BCUT2D eigenvalue weighted by Crippen LogP contribution is 2.69. The minimum Gasteiger partial charge on any atom is -0.466 e. The molecule has 0 aromatic rings. The molecular weight excluding hydrogens is 674 g/mol. The first-order valence-electron chi connectivity index (χ1n) is 17.1. The van der Waals surface area contributed by atoms with Crippen molar-refractivity contribution in [3.63, 3.8) is 0 Å². The molecule has 0 saturated heterocycles. The van der Waals surface area contributed by atoms with Crippen molar-refractivity contribution >= 4 is 35.0 Å². The van der Waals surface area contributed by atoms with E-state index < -0.39 is 47.1 Å². The SMILES string of the molecule is C[C@H](CCC(=O)OCCCC(=O)OCC(F)(F)S(=O)(=O)O)[C@H]1CC[C@H]2[C@@H]3C(OC=O)C[C@@H]4CC(OC=O)CCC4(C)[C@H]3CC(OCO)[C@]12C. The number of hydrogen-bond acceptors (Lipinski definition) is 12. The van der Waals surface area contributed by atoms with Crippen LogP contribution in [0.4, 0.5) is 8.78 Å². The summed E-state index contributed by atoms with van der Waals surface area (Å²) in [7, 11) is -5.72. The molecule has 4 rings (SSSR count). The molecule has 280 valence electrons. The number of rotatable bonds is 17. The molecular formula is C33H50F2O13S. The zero-order valence-electron chi connectivity index (χ0n) is 28.3. The van der Waals surface area contributed by atoms with Gasteiger partial charge in [0.1, 0.15) is 19.0 Å². The average molecular weight is 725 g/mol. The average Bonchev–Trinajstić information content (AvgIpc) is 3.40. The van der Waals surface area contributed by atoms with E-state index >= 15 is 0 Å². The van der Waals surface area contributed by atoms with Gasteiger partial charge in [-0.05, 0) is 92.8 Å². The van der Waals surface area contributed by atoms with Gasteiger partial charge in [-0.2, -0.15) is 17.2 Å². The van der Waals surface area contributed by atoms with Gasteiger partial charge in [0.05, 0.1) is 12.7 Å². The maximum atomic E-state index is 13.2. The van der Waals surface area contributed by atoms with Gasteiger partial charge in [-0.15, -0.1) is 0 Å². The van der Waals surface area contributed by atoms with Gasteiger partial charge in [-0.1, -0.05) is 20.8 Å². The molecule has 4 fully saturated rings. The van der Waals surface area contributed by atoms with Gasteiger partial charge in [0.2, 0.25) is 0 Å². The second-order valence-electron chi connectivity index (χ2n) is 14.8. The lowest BCUT2D eigenvalue weighted by Crippen LogP contribution is -2.63. The third-order valence-electron chi connectivity index (χ3n) is 12.6. The monoisotopic (exact) mass is 724 g/mol. The van der Waals surface area contributed by atoms with Crippen LogP contribution in [0.1, 0.15) is 91.4 Å². The molecule has 0 bridgehead atoms. The maximum absolute atomic E-state index is 13.2. The number of fused-ring (bicyclic) bond motifs is 5. The van der Waals surface area contributed by atoms with Crippen molar-refractivity contribution in [2.24, 2.45) is 46.3 Å². The first-order valence-corrected chi connectivity index (χ1v) is 18.5. The van der Waals surface area contributed by atoms with E-state index in [0.717, 1.165) is 25.7 Å². The molecule has 16 heteroatoms. The molecule has 0 radical (unpaired) electrons. The van der Waals surface area contributed by atoms with E-state index in [1.807, 2.05) is 0 Å². The Morgan fingerprint density at radius 1 is 0.980 bits per heavy atom. The summed E-state index contributed by atoms with van der Waals surface area (Å²) in [5.74, 6) is -0.826. The summed E-state index contributed by atoms with van der Waals surface area (Å²) < 4.78 is 82.9. The third-order valence-corrected chi connectivity index (χ3v) is 13.4. The molecule has 4 aliphatic rings. The summed E-state index contributed by atoms with van der Waals surface area (Å²) in [6.45, 7) is 5.19. The number of carbonyl (C=O) groups excluding carboxylic acids is 4. The standard InChI is InChI=1S/C33H50F2O13S/c1-20(6-9-29(40)44-12-4-5-28(39)45-16-33(34,35)49(41,42)43)23-7-8-24-30-25(15-27(48-19-38)32(23,24)3)31(2)11-10-22(46-17-36)13-21(31)14-26(30)47-18-37/h17-18,20-27,30,38H,4-16,19H2,1-3H3,(H,41,42,43)/t20-,21+,22?,23-,24+,25+,26?,27?,30+,31?,32-/m1/s1. The largest absolute Gasteiger partial charge is 0.466 e. The number of aliphatic hydroxyl groups excluding tert-OH is 1. The number of ether oxygens (including phenoxy) is 5. The Bertz CT molecular complexity index is 1300. The lowest BCUT2D eigenvalue weighted by molar-refractivity contribution is -0.232. The summed E-state index contributed by atoms with van der Waals surface area (Å²) >= 11 is 0. The van der Waals surface area contributed by atoms with Crippen molar-refractivity contribution in [2.75, 3.05) is 20.0 Å². The van der Waals surface area contributed by atoms with E-state index in [4.69, 9.17) is 23.5 Å². The van der Waals surface area contributed by atoms with E-state index in [9.17, 15) is 41.5 Å². The van der Waals surface area contributed by atoms with Crippen LogP contribution in [0.25, 0.3) is 0 Å². The Morgan fingerprint density at radius 3 is 2.33 bits per heavy atom. The Morgan fingerprint density at radius 2 is 1.67 bits per heavy atom. The normalized spacial score (nSPS) is 36.3. The van der Waals surface area contributed by atoms with Gasteiger partial charge < -0.3 is 28.8 Å². The van der Waals surface area contributed by atoms with E-state index in [1.54, 1.807) is 0 Å². The molecule has 0 heterocycles. The molecule has 11 atom stereocenters. The zero-order valence-corrected chi connectivity index (χ0v) is 29.1. The first kappa shape index (κ1) is 39.4. The van der Waals surface area contributed by atoms with Crippen molar-refractivity contribution in [1.29, 1.82) is 0 Å². The highest BCUT2D eigenvalue weighted by Gasteiger charge is 2.67. The molecule has 0 aromatic heterocycles. The lowest BCUT2D eigenvalue weighted by Gasteiger charge is -2.64. The summed E-state index contributed by atoms with van der Waals surface area (Å²) in [5.41, 5.74) is -0.449. The molecule has 0 spiro atoms. The highest BCUT2D eigenvalue weighted by atomic mass is 32.2. The van der Waals surface area contributed by atoms with Crippen LogP contribution in [0.3, 0.4) is 0 Å². The molecule has 0 aromatic carbocycles. The number of esters is 2. The van der Waals surface area contributed by atoms with Crippen molar-refractivity contribution < 1.29 is 69.7 Å². The zero-order chi connectivity index (χ0) is 36.2. The van der Waals surface area contributed by atoms with Gasteiger partial charge in [0, 0.05) is 24.2 Å². The van der Waals surface area contributed by atoms with Gasteiger partial charge in [-0.3, -0.25) is 23.7 Å². The predicted octanol–water partition coefficient (Wildman–Crippen LogP) is 4.05. The molecule has 49 heavy (non-hydrogen) atoms. The Kier molecular flexibility index (Phi) is 12.7. The van der Waals surface area contributed by atoms with E-state index in [-0.39, 0.29) is 84.1 Å². The fraction of sp³-hybridized carbons (Fsp3) is 0.879. The number of hydrogen-bond donors (Lipinski definition) is 2. The minimum absolute atomic E-state index is 0.0305. The van der Waals surface area contributed by atoms with Crippen molar-refractivity contribution in [1.82, 2.24) is 0 Å². The third kappa shape index (κ3) is 8.22. The van der Waals surface area contributed by atoms with Gasteiger partial charge in [-0.25, -0.2) is 0 Å². The first-order chi connectivity index (χ1) is 23.0. The van der Waals surface area contributed by atoms with Crippen molar-refractivity contribution in [3.05, 3.63) is 0 Å². The van der Waals surface area contributed by atoms with Crippen LogP contribution in [-0.2, 0) is 53.0 Å². The smallest absolute Gasteiger partial charge is 0.402 e. The van der Waals surface area contributed by atoms with Crippen molar-refractivity contribution in [3.8, 4) is 0 Å². The van der Waals surface area contributed by atoms with Crippen LogP contribution in [0, 0.1) is 46.3 Å². The molecule has 0 amide bonds. The van der Waals surface area contributed by atoms with Gasteiger partial charge in [0.25, 0.3) is 12.9 Å². The number of halogens is 2. The lowest BCUT2D eigenvalue weighted by atomic mass is 9.43. The summed E-state index contributed by atoms with van der Waals surface area (Å²) in [4.78, 5) is 47.1. The summed E-state index contributed by atoms with van der Waals surface area (Å²) in [6.07, 6.45) is 4.91. The summed E-state index contributed by atoms with van der Waals surface area (Å²) in [6, 6.07) is 0. The van der Waals surface area contributed by atoms with E-state index in [0.29, 0.717) is 38.6 Å². The van der Waals surface area contributed by atoms with E-state index in [1.165, 1.54) is 0 Å².